The van der Waals surface area contributed by atoms with Gasteiger partial charge in [0.25, 0.3) is 0 Å². The highest BCUT2D eigenvalue weighted by Crippen LogP contribution is 2.39. The Kier molecular flexibility index (Phi) is 3.68. The topological polar surface area (TPSA) is 29.5 Å². The number of carbonyl (C=O) groups excluding carboxylic acids is 1. The summed E-state index contributed by atoms with van der Waals surface area (Å²) in [5.41, 5.74) is -0.231. The molecule has 1 saturated heterocycles. The van der Waals surface area contributed by atoms with Gasteiger partial charge in [0, 0.05) is 24.6 Å². The van der Waals surface area contributed by atoms with Gasteiger partial charge in [0.2, 0.25) is 5.91 Å². The van der Waals surface area contributed by atoms with E-state index in [0.29, 0.717) is 6.42 Å². The zero-order valence-electron chi connectivity index (χ0n) is 11.5. The fourth-order valence-corrected chi connectivity index (χ4v) is 3.19. The number of hydrogen-bond donors (Lipinski definition) is 0. The number of carbonyl (C=O) groups is 1. The number of nitrogens with zero attached hydrogens (tertiary/aromatic N) is 1. The van der Waals surface area contributed by atoms with E-state index in [1.165, 1.54) is 0 Å². The van der Waals surface area contributed by atoms with Crippen LogP contribution in [0.4, 0.5) is 0 Å². The summed E-state index contributed by atoms with van der Waals surface area (Å²) in [4.78, 5) is 14.1. The van der Waals surface area contributed by atoms with Gasteiger partial charge in [-0.25, -0.2) is 0 Å². The molecule has 3 heteroatoms. The van der Waals surface area contributed by atoms with Crippen LogP contribution in [0.25, 0.3) is 0 Å². The highest BCUT2D eigenvalue weighted by atomic mass is 16.5. The molecule has 0 saturated carbocycles. The van der Waals surface area contributed by atoms with Crippen LogP contribution in [0.2, 0.25) is 0 Å². The van der Waals surface area contributed by atoms with Crippen molar-refractivity contribution in [1.29, 1.82) is 0 Å². The van der Waals surface area contributed by atoms with Gasteiger partial charge < -0.3 is 9.64 Å². The molecule has 1 aliphatic rings. The van der Waals surface area contributed by atoms with E-state index in [9.17, 15) is 4.79 Å². The molecule has 0 spiro atoms. The lowest BCUT2D eigenvalue weighted by molar-refractivity contribution is -0.156. The number of rotatable bonds is 2. The lowest BCUT2D eigenvalue weighted by atomic mass is 9.78. The van der Waals surface area contributed by atoms with Crippen LogP contribution in [-0.4, -0.2) is 35.1 Å². The van der Waals surface area contributed by atoms with E-state index in [1.807, 2.05) is 6.92 Å². The van der Waals surface area contributed by atoms with E-state index in [0.717, 1.165) is 12.8 Å². The van der Waals surface area contributed by atoms with E-state index < -0.39 is 0 Å². The number of ether oxygens (including phenoxy) is 1. The molecule has 0 aromatic rings. The van der Waals surface area contributed by atoms with Crippen LogP contribution in [0.5, 0.6) is 0 Å². The Labute approximate surface area is 99.1 Å². The predicted octanol–water partition coefficient (Wildman–Crippen LogP) is 2.59. The summed E-state index contributed by atoms with van der Waals surface area (Å²) in [7, 11) is 1.76. The molecule has 16 heavy (non-hydrogen) atoms. The molecule has 0 unspecified atom stereocenters. The molecule has 0 radical (unpaired) electrons. The number of hydrogen-bond acceptors (Lipinski definition) is 2. The van der Waals surface area contributed by atoms with E-state index in [1.54, 1.807) is 7.11 Å². The molecule has 3 nitrogen and oxygen atoms in total. The Morgan fingerprint density at radius 2 is 1.69 bits per heavy atom. The summed E-state index contributed by atoms with van der Waals surface area (Å²) in [6.45, 7) is 10.5. The fourth-order valence-electron chi connectivity index (χ4n) is 3.19. The van der Waals surface area contributed by atoms with Gasteiger partial charge in [-0.1, -0.05) is 6.92 Å². The van der Waals surface area contributed by atoms with Crippen molar-refractivity contribution in [3.8, 4) is 0 Å². The molecule has 0 atom stereocenters. The maximum absolute atomic E-state index is 12.1. The number of likely N-dealkylation sites (tertiary alicyclic amines) is 1. The number of piperidine rings is 1. The first-order valence-electron chi connectivity index (χ1n) is 6.10. The van der Waals surface area contributed by atoms with Crippen molar-refractivity contribution in [2.24, 2.45) is 0 Å². The summed E-state index contributed by atoms with van der Waals surface area (Å²) in [5.74, 6) is 0.240. The quantitative estimate of drug-likeness (QED) is 0.725. The van der Waals surface area contributed by atoms with Crippen molar-refractivity contribution < 1.29 is 9.53 Å². The monoisotopic (exact) mass is 227 g/mol. The first kappa shape index (κ1) is 13.5. The van der Waals surface area contributed by atoms with Gasteiger partial charge in [0.1, 0.15) is 0 Å². The molecule has 0 aliphatic carbocycles. The molecule has 1 rings (SSSR count). The average molecular weight is 227 g/mol. The van der Waals surface area contributed by atoms with E-state index in [-0.39, 0.29) is 23.1 Å². The molecule has 0 aromatic heterocycles. The minimum Gasteiger partial charge on any atom is -0.381 e. The van der Waals surface area contributed by atoms with Crippen LogP contribution < -0.4 is 0 Å². The standard InChI is InChI=1S/C13H25NO2/c1-7-11(15)14-12(2,3)8-10(16-6)9-13(14,4)5/h10H,7-9H2,1-6H3. The van der Waals surface area contributed by atoms with Crippen LogP contribution in [0.1, 0.15) is 53.9 Å². The van der Waals surface area contributed by atoms with Crippen LogP contribution >= 0.6 is 0 Å². The molecule has 0 bridgehead atoms. The lowest BCUT2D eigenvalue weighted by Gasteiger charge is -2.55. The molecule has 1 aliphatic heterocycles. The largest absolute Gasteiger partial charge is 0.381 e. The highest BCUT2D eigenvalue weighted by Gasteiger charge is 2.47. The summed E-state index contributed by atoms with van der Waals surface area (Å²) < 4.78 is 5.49. The summed E-state index contributed by atoms with van der Waals surface area (Å²) in [6.07, 6.45) is 2.66. The zero-order chi connectivity index (χ0) is 12.6. The average Bonchev–Trinajstić information content (AvgIpc) is 2.13. The van der Waals surface area contributed by atoms with Crippen molar-refractivity contribution in [3.05, 3.63) is 0 Å². The second kappa shape index (κ2) is 4.36. The van der Waals surface area contributed by atoms with Crippen LogP contribution in [0, 0.1) is 0 Å². The third kappa shape index (κ3) is 2.40. The van der Waals surface area contributed by atoms with Crippen LogP contribution in [-0.2, 0) is 9.53 Å². The number of amides is 1. The third-order valence-corrected chi connectivity index (χ3v) is 3.55. The van der Waals surface area contributed by atoms with Crippen LogP contribution in [0.3, 0.4) is 0 Å². The van der Waals surface area contributed by atoms with Gasteiger partial charge in [0.15, 0.2) is 0 Å². The van der Waals surface area contributed by atoms with Crippen molar-refractivity contribution in [2.75, 3.05) is 7.11 Å². The maximum Gasteiger partial charge on any atom is 0.223 e. The fraction of sp³-hybridized carbons (Fsp3) is 0.923. The minimum atomic E-state index is -0.116. The van der Waals surface area contributed by atoms with E-state index in [2.05, 4.69) is 32.6 Å². The molecule has 0 N–H and O–H groups in total. The molecular formula is C13H25NO2. The van der Waals surface area contributed by atoms with Gasteiger partial charge in [-0.3, -0.25) is 4.79 Å². The van der Waals surface area contributed by atoms with E-state index in [4.69, 9.17) is 4.74 Å². The molecule has 0 aromatic carbocycles. The highest BCUT2D eigenvalue weighted by molar-refractivity contribution is 5.77. The van der Waals surface area contributed by atoms with Gasteiger partial charge in [-0.15, -0.1) is 0 Å². The van der Waals surface area contributed by atoms with Crippen molar-refractivity contribution in [1.82, 2.24) is 4.90 Å². The van der Waals surface area contributed by atoms with Crippen molar-refractivity contribution in [3.63, 3.8) is 0 Å². The Bertz CT molecular complexity index is 253. The van der Waals surface area contributed by atoms with Gasteiger partial charge in [-0.2, -0.15) is 0 Å². The summed E-state index contributed by atoms with van der Waals surface area (Å²) in [5, 5.41) is 0. The van der Waals surface area contributed by atoms with Gasteiger partial charge in [0.05, 0.1) is 6.10 Å². The maximum atomic E-state index is 12.1. The normalized spacial score (nSPS) is 24.5. The third-order valence-electron chi connectivity index (χ3n) is 3.55. The first-order chi connectivity index (χ1) is 7.24. The van der Waals surface area contributed by atoms with Crippen molar-refractivity contribution >= 4 is 5.91 Å². The summed E-state index contributed by atoms with van der Waals surface area (Å²) in [6, 6.07) is 0. The molecule has 1 heterocycles. The SMILES string of the molecule is CCC(=O)N1C(C)(C)CC(OC)CC1(C)C. The Hall–Kier alpha value is -0.570. The first-order valence-corrected chi connectivity index (χ1v) is 6.10. The van der Waals surface area contributed by atoms with Crippen LogP contribution in [0.15, 0.2) is 0 Å². The molecular weight excluding hydrogens is 202 g/mol. The van der Waals surface area contributed by atoms with E-state index >= 15 is 0 Å². The Morgan fingerprint density at radius 3 is 2.00 bits per heavy atom. The Balaban J connectivity index is 3.01. The minimum absolute atomic E-state index is 0.116. The zero-order valence-corrected chi connectivity index (χ0v) is 11.5. The van der Waals surface area contributed by atoms with Gasteiger partial charge in [-0.05, 0) is 40.5 Å². The van der Waals surface area contributed by atoms with Crippen molar-refractivity contribution in [2.45, 2.75) is 71.1 Å². The smallest absolute Gasteiger partial charge is 0.223 e. The predicted molar refractivity (Wildman–Crippen MR) is 65.3 cm³/mol. The molecule has 1 amide bonds. The second-order valence-corrected chi connectivity index (χ2v) is 5.97. The summed E-state index contributed by atoms with van der Waals surface area (Å²) >= 11 is 0. The second-order valence-electron chi connectivity index (χ2n) is 5.97. The number of methoxy groups -OCH3 is 1. The lowest BCUT2D eigenvalue weighted by Crippen LogP contribution is -2.64. The molecule has 1 fully saturated rings. The Morgan fingerprint density at radius 1 is 1.25 bits per heavy atom. The molecule has 94 valence electrons. The van der Waals surface area contributed by atoms with Gasteiger partial charge >= 0.3 is 0 Å².